The Balaban J connectivity index is 2.32. The van der Waals surface area contributed by atoms with Gasteiger partial charge in [-0.2, -0.15) is 0 Å². The Hall–Kier alpha value is -1.47. The van der Waals surface area contributed by atoms with Crippen molar-refractivity contribution in [2.75, 3.05) is 19.5 Å². The van der Waals surface area contributed by atoms with Gasteiger partial charge in [0, 0.05) is 9.64 Å². The number of hydrogen-bond acceptors (Lipinski definition) is 3. The molecule has 0 aliphatic heterocycles. The van der Waals surface area contributed by atoms with Crippen LogP contribution < -0.4 is 14.8 Å². The smallest absolute Gasteiger partial charge is 0.257 e. The maximum atomic E-state index is 12.4. The zero-order valence-electron chi connectivity index (χ0n) is 11.4. The van der Waals surface area contributed by atoms with Crippen molar-refractivity contribution in [3.63, 3.8) is 0 Å². The predicted molar refractivity (Wildman–Crippen MR) is 91.7 cm³/mol. The molecule has 0 atom stereocenters. The topological polar surface area (TPSA) is 47.6 Å². The highest BCUT2D eigenvalue weighted by Gasteiger charge is 2.14. The lowest BCUT2D eigenvalue weighted by Crippen LogP contribution is -2.13. The molecule has 0 aliphatic rings. The summed E-state index contributed by atoms with van der Waals surface area (Å²) >= 11 is 8.20. The summed E-state index contributed by atoms with van der Waals surface area (Å²) in [6.07, 6.45) is 0. The highest BCUT2D eigenvalue weighted by molar-refractivity contribution is 14.1. The van der Waals surface area contributed by atoms with Gasteiger partial charge in [0.25, 0.3) is 5.91 Å². The molecule has 1 N–H and O–H groups in total. The molecule has 1 amide bonds. The van der Waals surface area contributed by atoms with Crippen LogP contribution in [0.3, 0.4) is 0 Å². The number of nitrogens with one attached hydrogen (secondary N) is 1. The van der Waals surface area contributed by atoms with Gasteiger partial charge in [-0.1, -0.05) is 11.6 Å². The number of amides is 1. The molecule has 2 aromatic rings. The van der Waals surface area contributed by atoms with Crippen LogP contribution in [0.2, 0.25) is 5.02 Å². The number of halogens is 2. The number of benzene rings is 2. The van der Waals surface area contributed by atoms with E-state index in [1.165, 1.54) is 7.11 Å². The van der Waals surface area contributed by atoms with Gasteiger partial charge in [-0.3, -0.25) is 4.79 Å². The van der Waals surface area contributed by atoms with Crippen LogP contribution in [0.5, 0.6) is 11.5 Å². The lowest BCUT2D eigenvalue weighted by molar-refractivity contribution is 0.102. The van der Waals surface area contributed by atoms with Crippen LogP contribution in [-0.2, 0) is 0 Å². The SMILES string of the molecule is COc1ccc(OC)c(NC(=O)c2cc(I)ccc2Cl)c1. The quantitative estimate of drug-likeness (QED) is 0.758. The fourth-order valence-electron chi connectivity index (χ4n) is 1.77. The van der Waals surface area contributed by atoms with E-state index in [-0.39, 0.29) is 5.91 Å². The van der Waals surface area contributed by atoms with Crippen LogP contribution in [0.4, 0.5) is 5.69 Å². The van der Waals surface area contributed by atoms with E-state index in [1.54, 1.807) is 37.4 Å². The molecule has 0 aromatic heterocycles. The maximum absolute atomic E-state index is 12.4. The highest BCUT2D eigenvalue weighted by atomic mass is 127. The summed E-state index contributed by atoms with van der Waals surface area (Å²) in [5.74, 6) is 0.871. The summed E-state index contributed by atoms with van der Waals surface area (Å²) in [7, 11) is 3.10. The first-order valence-corrected chi connectivity index (χ1v) is 7.49. The maximum Gasteiger partial charge on any atom is 0.257 e. The van der Waals surface area contributed by atoms with Gasteiger partial charge in [0.15, 0.2) is 0 Å². The molecule has 0 unspecified atom stereocenters. The normalized spacial score (nSPS) is 10.1. The molecule has 0 radical (unpaired) electrons. The molecule has 2 aromatic carbocycles. The molecular weight excluding hydrogens is 405 g/mol. The molecule has 110 valence electrons. The van der Waals surface area contributed by atoms with Gasteiger partial charge in [-0.15, -0.1) is 0 Å². The van der Waals surface area contributed by atoms with Crippen molar-refractivity contribution < 1.29 is 14.3 Å². The second kappa shape index (κ2) is 7.00. The van der Waals surface area contributed by atoms with E-state index in [0.717, 1.165) is 3.57 Å². The summed E-state index contributed by atoms with van der Waals surface area (Å²) in [6.45, 7) is 0. The van der Waals surface area contributed by atoms with Crippen molar-refractivity contribution in [1.82, 2.24) is 0 Å². The molecule has 6 heteroatoms. The van der Waals surface area contributed by atoms with Crippen LogP contribution >= 0.6 is 34.2 Å². The van der Waals surface area contributed by atoms with Crippen molar-refractivity contribution in [1.29, 1.82) is 0 Å². The Kier molecular flexibility index (Phi) is 5.30. The van der Waals surface area contributed by atoms with Crippen molar-refractivity contribution in [2.24, 2.45) is 0 Å². The lowest BCUT2D eigenvalue weighted by atomic mass is 10.2. The standard InChI is InChI=1S/C15H13ClINO3/c1-20-10-4-6-14(21-2)13(8-10)18-15(19)11-7-9(17)3-5-12(11)16/h3-8H,1-2H3,(H,18,19). The summed E-state index contributed by atoms with van der Waals surface area (Å²) in [5, 5.41) is 3.19. The third kappa shape index (κ3) is 3.79. The van der Waals surface area contributed by atoms with E-state index < -0.39 is 0 Å². The Morgan fingerprint density at radius 2 is 1.90 bits per heavy atom. The molecule has 21 heavy (non-hydrogen) atoms. The minimum Gasteiger partial charge on any atom is -0.497 e. The first-order chi connectivity index (χ1) is 10.0. The number of anilines is 1. The first kappa shape index (κ1) is 15.9. The van der Waals surface area contributed by atoms with E-state index in [2.05, 4.69) is 27.9 Å². The second-order valence-electron chi connectivity index (χ2n) is 4.14. The van der Waals surface area contributed by atoms with Crippen molar-refractivity contribution >= 4 is 45.8 Å². The Labute approximate surface area is 141 Å². The number of hydrogen-bond donors (Lipinski definition) is 1. The van der Waals surface area contributed by atoms with Crippen LogP contribution in [-0.4, -0.2) is 20.1 Å². The van der Waals surface area contributed by atoms with Crippen LogP contribution in [0.15, 0.2) is 36.4 Å². The van der Waals surface area contributed by atoms with E-state index in [1.807, 2.05) is 6.07 Å². The number of carbonyl (C=O) groups is 1. The van der Waals surface area contributed by atoms with Crippen molar-refractivity contribution in [3.8, 4) is 11.5 Å². The highest BCUT2D eigenvalue weighted by Crippen LogP contribution is 2.30. The predicted octanol–water partition coefficient (Wildman–Crippen LogP) is 4.21. The Morgan fingerprint density at radius 1 is 1.14 bits per heavy atom. The van der Waals surface area contributed by atoms with Gasteiger partial charge in [-0.25, -0.2) is 0 Å². The Bertz CT molecular complexity index is 676. The average molecular weight is 418 g/mol. The van der Waals surface area contributed by atoms with Gasteiger partial charge in [0.05, 0.1) is 30.5 Å². The molecule has 0 saturated heterocycles. The minimum absolute atomic E-state index is 0.301. The molecule has 0 fully saturated rings. The van der Waals surface area contributed by atoms with E-state index in [9.17, 15) is 4.79 Å². The zero-order chi connectivity index (χ0) is 15.4. The van der Waals surface area contributed by atoms with Crippen molar-refractivity contribution in [3.05, 3.63) is 50.6 Å². The molecule has 0 aliphatic carbocycles. The van der Waals surface area contributed by atoms with E-state index in [0.29, 0.717) is 27.8 Å². The summed E-state index contributed by atoms with van der Waals surface area (Å²) < 4.78 is 11.3. The minimum atomic E-state index is -0.301. The fraction of sp³-hybridized carbons (Fsp3) is 0.133. The van der Waals surface area contributed by atoms with E-state index in [4.69, 9.17) is 21.1 Å². The molecular formula is C15H13ClINO3. The number of carbonyl (C=O) groups excluding carboxylic acids is 1. The molecule has 2 rings (SSSR count). The Morgan fingerprint density at radius 3 is 2.57 bits per heavy atom. The third-order valence-corrected chi connectivity index (χ3v) is 3.83. The third-order valence-electron chi connectivity index (χ3n) is 2.83. The summed E-state index contributed by atoms with van der Waals surface area (Å²) in [5.41, 5.74) is 0.935. The second-order valence-corrected chi connectivity index (χ2v) is 5.80. The van der Waals surface area contributed by atoms with Crippen LogP contribution in [0, 0.1) is 3.57 Å². The molecule has 0 heterocycles. The average Bonchev–Trinajstić information content (AvgIpc) is 2.49. The molecule has 0 saturated carbocycles. The molecule has 4 nitrogen and oxygen atoms in total. The molecule has 0 spiro atoms. The van der Waals surface area contributed by atoms with Crippen LogP contribution in [0.25, 0.3) is 0 Å². The number of rotatable bonds is 4. The number of ether oxygens (including phenoxy) is 2. The van der Waals surface area contributed by atoms with Gasteiger partial charge >= 0.3 is 0 Å². The van der Waals surface area contributed by atoms with Crippen molar-refractivity contribution in [2.45, 2.75) is 0 Å². The summed E-state index contributed by atoms with van der Waals surface area (Å²) in [6, 6.07) is 10.4. The monoisotopic (exact) mass is 417 g/mol. The lowest BCUT2D eigenvalue weighted by Gasteiger charge is -2.12. The van der Waals surface area contributed by atoms with Crippen LogP contribution in [0.1, 0.15) is 10.4 Å². The van der Waals surface area contributed by atoms with Gasteiger partial charge in [0.2, 0.25) is 0 Å². The largest absolute Gasteiger partial charge is 0.497 e. The fourth-order valence-corrected chi connectivity index (χ4v) is 2.47. The van der Waals surface area contributed by atoms with Gasteiger partial charge in [0.1, 0.15) is 11.5 Å². The first-order valence-electron chi connectivity index (χ1n) is 6.03. The number of methoxy groups -OCH3 is 2. The summed E-state index contributed by atoms with van der Waals surface area (Å²) in [4.78, 5) is 12.4. The van der Waals surface area contributed by atoms with Gasteiger partial charge < -0.3 is 14.8 Å². The molecule has 0 bridgehead atoms. The zero-order valence-corrected chi connectivity index (χ0v) is 14.4. The van der Waals surface area contributed by atoms with Gasteiger partial charge in [-0.05, 0) is 52.9 Å². The van der Waals surface area contributed by atoms with E-state index >= 15 is 0 Å².